The number of esters is 1. The van der Waals surface area contributed by atoms with Crippen molar-refractivity contribution in [1.82, 2.24) is 0 Å². The van der Waals surface area contributed by atoms with Gasteiger partial charge < -0.3 is 20.0 Å². The number of phenols is 1. The van der Waals surface area contributed by atoms with Crippen LogP contribution in [0.25, 0.3) is 21.7 Å². The molecule has 2 aromatic carbocycles. The maximum Gasteiger partial charge on any atom is 0.311 e. The fraction of sp³-hybridized carbons (Fsp3) is 0.263. The lowest BCUT2D eigenvalue weighted by atomic mass is 10.1. The molecule has 3 N–H and O–H groups in total. The van der Waals surface area contributed by atoms with Crippen molar-refractivity contribution in [1.29, 1.82) is 0 Å². The number of nitrogens with two attached hydrogens (primary N) is 1. The second-order valence-corrected chi connectivity index (χ2v) is 5.85. The second kappa shape index (κ2) is 8.21. The average Bonchev–Trinajstić information content (AvgIpc) is 3.05. The number of ether oxygens (including phenoxy) is 1. The van der Waals surface area contributed by atoms with Crippen molar-refractivity contribution in [3.63, 3.8) is 0 Å². The molecule has 0 fully saturated rings. The number of furan rings is 1. The molecule has 138 valence electrons. The number of phenolic OH excluding ortho intramolecular Hbond substituents is 1. The Hall–Kier alpha value is -2.57. The van der Waals surface area contributed by atoms with E-state index in [4.69, 9.17) is 14.9 Å². The number of carbonyl (C=O) groups is 2. The standard InChI is InChI=1S/C19H19NO5.ClH/c1-11(21)15-10-14-18(25-16(22)8-4-5-9-20)13-7-3-2-6-12(13)17(23)19(14)24-15;/h2-3,6-7,10,23H,4-5,8-9,20H2,1H3;1H. The van der Waals surface area contributed by atoms with Gasteiger partial charge in [0.25, 0.3) is 0 Å². The lowest BCUT2D eigenvalue weighted by Gasteiger charge is -2.10. The molecule has 0 spiro atoms. The predicted molar refractivity (Wildman–Crippen MR) is 101 cm³/mol. The van der Waals surface area contributed by atoms with Gasteiger partial charge in [0.2, 0.25) is 0 Å². The molecule has 0 atom stereocenters. The van der Waals surface area contributed by atoms with Gasteiger partial charge in [0.15, 0.2) is 22.9 Å². The summed E-state index contributed by atoms with van der Waals surface area (Å²) in [6.45, 7) is 1.89. The van der Waals surface area contributed by atoms with Crippen molar-refractivity contribution in [2.45, 2.75) is 26.2 Å². The van der Waals surface area contributed by atoms with Gasteiger partial charge in [0.05, 0.1) is 5.39 Å². The molecule has 1 heterocycles. The molecule has 0 aliphatic rings. The van der Waals surface area contributed by atoms with E-state index in [1.165, 1.54) is 13.0 Å². The minimum absolute atomic E-state index is 0. The van der Waals surface area contributed by atoms with Crippen LogP contribution in [0.2, 0.25) is 0 Å². The molecular formula is C19H20ClNO5. The minimum Gasteiger partial charge on any atom is -0.504 e. The van der Waals surface area contributed by atoms with Crippen LogP contribution in [0.4, 0.5) is 0 Å². The van der Waals surface area contributed by atoms with Crippen LogP contribution in [-0.4, -0.2) is 23.4 Å². The summed E-state index contributed by atoms with van der Waals surface area (Å²) in [5, 5.41) is 11.9. The van der Waals surface area contributed by atoms with E-state index < -0.39 is 5.97 Å². The number of aromatic hydroxyl groups is 1. The Bertz CT molecular complexity index is 963. The molecule has 0 amide bonds. The first kappa shape index (κ1) is 19.8. The van der Waals surface area contributed by atoms with Gasteiger partial charge in [-0.05, 0) is 25.5 Å². The molecule has 0 aliphatic carbocycles. The highest BCUT2D eigenvalue weighted by Crippen LogP contribution is 2.43. The number of carbonyl (C=O) groups excluding carboxylic acids is 2. The number of halogens is 1. The van der Waals surface area contributed by atoms with Gasteiger partial charge in [0, 0.05) is 24.1 Å². The first-order valence-corrected chi connectivity index (χ1v) is 8.11. The van der Waals surface area contributed by atoms with Crippen LogP contribution >= 0.6 is 12.4 Å². The Balaban J connectivity index is 0.00000243. The van der Waals surface area contributed by atoms with E-state index in [0.29, 0.717) is 29.1 Å². The molecule has 0 unspecified atom stereocenters. The van der Waals surface area contributed by atoms with E-state index in [1.807, 2.05) is 0 Å². The topological polar surface area (TPSA) is 103 Å². The van der Waals surface area contributed by atoms with Crippen LogP contribution < -0.4 is 10.5 Å². The average molecular weight is 378 g/mol. The van der Waals surface area contributed by atoms with Gasteiger partial charge in [0.1, 0.15) is 5.75 Å². The van der Waals surface area contributed by atoms with Crippen molar-refractivity contribution in [2.75, 3.05) is 6.54 Å². The lowest BCUT2D eigenvalue weighted by molar-refractivity contribution is -0.134. The molecule has 6 nitrogen and oxygen atoms in total. The molecule has 0 saturated heterocycles. The third-order valence-corrected chi connectivity index (χ3v) is 4.02. The molecule has 3 rings (SSSR count). The molecule has 3 aromatic rings. The van der Waals surface area contributed by atoms with E-state index >= 15 is 0 Å². The molecular weight excluding hydrogens is 358 g/mol. The number of hydrogen-bond acceptors (Lipinski definition) is 6. The highest BCUT2D eigenvalue weighted by atomic mass is 35.5. The van der Waals surface area contributed by atoms with Crippen molar-refractivity contribution in [2.24, 2.45) is 5.73 Å². The van der Waals surface area contributed by atoms with Crippen LogP contribution in [0.1, 0.15) is 36.7 Å². The van der Waals surface area contributed by atoms with E-state index in [1.54, 1.807) is 24.3 Å². The Morgan fingerprint density at radius 2 is 1.85 bits per heavy atom. The van der Waals surface area contributed by atoms with Gasteiger partial charge in [-0.15, -0.1) is 12.4 Å². The summed E-state index contributed by atoms with van der Waals surface area (Å²) in [4.78, 5) is 23.8. The summed E-state index contributed by atoms with van der Waals surface area (Å²) >= 11 is 0. The van der Waals surface area contributed by atoms with Crippen molar-refractivity contribution in [3.8, 4) is 11.5 Å². The summed E-state index contributed by atoms with van der Waals surface area (Å²) in [6.07, 6.45) is 1.62. The summed E-state index contributed by atoms with van der Waals surface area (Å²) in [6, 6.07) is 8.48. The largest absolute Gasteiger partial charge is 0.504 e. The number of rotatable bonds is 6. The number of Topliss-reactive ketones (excluding diaryl/α,β-unsaturated/α-hetero) is 1. The first-order chi connectivity index (χ1) is 12.0. The number of unbranched alkanes of at least 4 members (excludes halogenated alkanes) is 1. The zero-order valence-electron chi connectivity index (χ0n) is 14.3. The Morgan fingerprint density at radius 3 is 2.50 bits per heavy atom. The van der Waals surface area contributed by atoms with E-state index in [2.05, 4.69) is 0 Å². The van der Waals surface area contributed by atoms with E-state index in [9.17, 15) is 14.7 Å². The second-order valence-electron chi connectivity index (χ2n) is 5.85. The molecule has 0 bridgehead atoms. The smallest absolute Gasteiger partial charge is 0.311 e. The van der Waals surface area contributed by atoms with Crippen molar-refractivity contribution < 1.29 is 23.8 Å². The summed E-state index contributed by atoms with van der Waals surface area (Å²) in [5.74, 6) is -0.365. The van der Waals surface area contributed by atoms with Crippen LogP contribution in [0.5, 0.6) is 11.5 Å². The highest BCUT2D eigenvalue weighted by Gasteiger charge is 2.21. The Labute approximate surface area is 156 Å². The number of ketones is 1. The molecule has 26 heavy (non-hydrogen) atoms. The maximum absolute atomic E-state index is 12.2. The lowest BCUT2D eigenvalue weighted by Crippen LogP contribution is -2.09. The van der Waals surface area contributed by atoms with E-state index in [-0.39, 0.29) is 47.5 Å². The monoisotopic (exact) mass is 377 g/mol. The third-order valence-electron chi connectivity index (χ3n) is 4.02. The van der Waals surface area contributed by atoms with Crippen molar-refractivity contribution in [3.05, 3.63) is 36.1 Å². The summed E-state index contributed by atoms with van der Waals surface area (Å²) in [5.41, 5.74) is 5.57. The molecule has 7 heteroatoms. The fourth-order valence-corrected chi connectivity index (χ4v) is 2.75. The number of fused-ring (bicyclic) bond motifs is 2. The van der Waals surface area contributed by atoms with Crippen LogP contribution in [0, 0.1) is 0 Å². The van der Waals surface area contributed by atoms with Gasteiger partial charge in [-0.3, -0.25) is 9.59 Å². The third kappa shape index (κ3) is 3.66. The SMILES string of the molecule is CC(=O)c1cc2c(OC(=O)CCCCN)c3ccccc3c(O)c2o1.Cl. The molecule has 0 saturated carbocycles. The van der Waals surface area contributed by atoms with Gasteiger partial charge in [-0.1, -0.05) is 24.3 Å². The zero-order valence-corrected chi connectivity index (χ0v) is 15.1. The van der Waals surface area contributed by atoms with Crippen LogP contribution in [-0.2, 0) is 4.79 Å². The summed E-state index contributed by atoms with van der Waals surface area (Å²) < 4.78 is 11.1. The molecule has 0 radical (unpaired) electrons. The number of benzene rings is 2. The fourth-order valence-electron chi connectivity index (χ4n) is 2.75. The van der Waals surface area contributed by atoms with Crippen LogP contribution in [0.3, 0.4) is 0 Å². The normalized spacial score (nSPS) is 10.7. The minimum atomic E-state index is -0.392. The molecule has 1 aromatic heterocycles. The Kier molecular flexibility index (Phi) is 6.23. The highest BCUT2D eigenvalue weighted by molar-refractivity contribution is 6.11. The van der Waals surface area contributed by atoms with Gasteiger partial charge in [-0.2, -0.15) is 0 Å². The maximum atomic E-state index is 12.2. The first-order valence-electron chi connectivity index (χ1n) is 8.11. The molecule has 0 aliphatic heterocycles. The van der Waals surface area contributed by atoms with Crippen LogP contribution in [0.15, 0.2) is 34.7 Å². The van der Waals surface area contributed by atoms with E-state index in [0.717, 1.165) is 6.42 Å². The van der Waals surface area contributed by atoms with Gasteiger partial charge in [-0.25, -0.2) is 0 Å². The predicted octanol–water partition coefficient (Wildman–Crippen LogP) is 3.95. The van der Waals surface area contributed by atoms with Gasteiger partial charge >= 0.3 is 5.97 Å². The quantitative estimate of drug-likeness (QED) is 0.292. The number of hydrogen-bond donors (Lipinski definition) is 2. The summed E-state index contributed by atoms with van der Waals surface area (Å²) in [7, 11) is 0. The Morgan fingerprint density at radius 1 is 1.15 bits per heavy atom. The zero-order chi connectivity index (χ0) is 18.0. The van der Waals surface area contributed by atoms with Crippen molar-refractivity contribution >= 4 is 45.9 Å².